The number of allylic oxidation sites excluding steroid dienone is 2. The molecule has 0 fully saturated rings. The van der Waals surface area contributed by atoms with Gasteiger partial charge < -0.3 is 14.8 Å². The molecular weight excluding hydrogens is 266 g/mol. The van der Waals surface area contributed by atoms with Crippen molar-refractivity contribution in [2.45, 2.75) is 25.7 Å². The second-order valence-corrected chi connectivity index (χ2v) is 5.57. The van der Waals surface area contributed by atoms with E-state index in [1.165, 1.54) is 0 Å². The van der Waals surface area contributed by atoms with Gasteiger partial charge in [-0.25, -0.2) is 0 Å². The molecule has 0 bridgehead atoms. The highest BCUT2D eigenvalue weighted by Crippen LogP contribution is 2.30. The largest absolute Gasteiger partial charge is 0.490 e. The Morgan fingerprint density at radius 2 is 2.05 bits per heavy atom. The maximum absolute atomic E-state index is 12.2. The first-order valence-corrected chi connectivity index (χ1v) is 7.66. The van der Waals surface area contributed by atoms with E-state index in [0.717, 1.165) is 38.0 Å². The Bertz CT molecular complexity index is 539. The molecule has 1 aromatic carbocycles. The Hall–Kier alpha value is -1.97. The van der Waals surface area contributed by atoms with Crippen molar-refractivity contribution in [3.63, 3.8) is 0 Å². The molecule has 0 saturated carbocycles. The summed E-state index contributed by atoms with van der Waals surface area (Å²) in [5.41, 5.74) is 0.630. The van der Waals surface area contributed by atoms with Crippen LogP contribution in [0.25, 0.3) is 0 Å². The predicted molar refractivity (Wildman–Crippen MR) is 80.9 cm³/mol. The highest BCUT2D eigenvalue weighted by atomic mass is 16.5. The summed E-state index contributed by atoms with van der Waals surface area (Å²) in [6.07, 6.45) is 8.60. The van der Waals surface area contributed by atoms with E-state index in [9.17, 15) is 4.79 Å². The lowest BCUT2D eigenvalue weighted by Gasteiger charge is -2.18. The average molecular weight is 287 g/mol. The number of rotatable bonds is 3. The summed E-state index contributed by atoms with van der Waals surface area (Å²) in [7, 11) is 0. The minimum atomic E-state index is -0.0415. The van der Waals surface area contributed by atoms with Gasteiger partial charge in [-0.2, -0.15) is 0 Å². The van der Waals surface area contributed by atoms with Crippen molar-refractivity contribution in [2.24, 2.45) is 5.92 Å². The maximum atomic E-state index is 12.2. The number of carbonyl (C=O) groups excluding carboxylic acids is 1. The van der Waals surface area contributed by atoms with Crippen LogP contribution in [-0.4, -0.2) is 25.7 Å². The molecule has 0 spiro atoms. The van der Waals surface area contributed by atoms with Gasteiger partial charge in [0.05, 0.1) is 13.2 Å². The molecule has 0 saturated heterocycles. The molecule has 0 radical (unpaired) electrons. The highest BCUT2D eigenvalue weighted by molar-refractivity contribution is 5.94. The minimum Gasteiger partial charge on any atom is -0.490 e. The van der Waals surface area contributed by atoms with E-state index in [1.807, 2.05) is 6.07 Å². The lowest BCUT2D eigenvalue weighted by atomic mass is 9.94. The van der Waals surface area contributed by atoms with E-state index in [0.29, 0.717) is 30.4 Å². The molecule has 1 aliphatic heterocycles. The van der Waals surface area contributed by atoms with E-state index < -0.39 is 0 Å². The van der Waals surface area contributed by atoms with Gasteiger partial charge in [0.25, 0.3) is 5.91 Å². The lowest BCUT2D eigenvalue weighted by molar-refractivity contribution is 0.0946. The van der Waals surface area contributed by atoms with Crippen molar-refractivity contribution in [3.8, 4) is 11.5 Å². The molecule has 0 unspecified atom stereocenters. The summed E-state index contributed by atoms with van der Waals surface area (Å²) in [4.78, 5) is 12.2. The molecule has 1 amide bonds. The summed E-state index contributed by atoms with van der Waals surface area (Å²) in [6, 6.07) is 5.39. The van der Waals surface area contributed by atoms with Crippen molar-refractivity contribution in [1.29, 1.82) is 0 Å². The summed E-state index contributed by atoms with van der Waals surface area (Å²) in [6.45, 7) is 2.03. The van der Waals surface area contributed by atoms with Crippen LogP contribution in [-0.2, 0) is 0 Å². The molecule has 1 aliphatic carbocycles. The highest BCUT2D eigenvalue weighted by Gasteiger charge is 2.15. The van der Waals surface area contributed by atoms with E-state index in [-0.39, 0.29) is 5.91 Å². The first kappa shape index (κ1) is 14.0. The van der Waals surface area contributed by atoms with Crippen LogP contribution >= 0.6 is 0 Å². The third-order valence-corrected chi connectivity index (χ3v) is 3.94. The zero-order valence-electron chi connectivity index (χ0n) is 12.1. The molecule has 3 rings (SSSR count). The second-order valence-electron chi connectivity index (χ2n) is 5.57. The standard InChI is InChI=1S/C17H21NO3/c19-17(18-12-13-5-2-1-3-6-13)14-7-8-15-16(11-14)21-10-4-9-20-15/h1-2,7-8,11,13H,3-6,9-10,12H2,(H,18,19)/t13-/m0/s1. The smallest absolute Gasteiger partial charge is 0.251 e. The first-order valence-electron chi connectivity index (χ1n) is 7.66. The molecule has 4 nitrogen and oxygen atoms in total. The fraction of sp³-hybridized carbons (Fsp3) is 0.471. The number of ether oxygens (including phenoxy) is 2. The molecule has 1 heterocycles. The molecular formula is C17H21NO3. The Morgan fingerprint density at radius 1 is 1.19 bits per heavy atom. The van der Waals surface area contributed by atoms with E-state index >= 15 is 0 Å². The van der Waals surface area contributed by atoms with Crippen molar-refractivity contribution < 1.29 is 14.3 Å². The summed E-state index contributed by atoms with van der Waals surface area (Å²) in [5, 5.41) is 3.02. The minimum absolute atomic E-state index is 0.0415. The van der Waals surface area contributed by atoms with Gasteiger partial charge in [-0.1, -0.05) is 12.2 Å². The molecule has 2 aliphatic rings. The summed E-state index contributed by atoms with van der Waals surface area (Å²) >= 11 is 0. The van der Waals surface area contributed by atoms with Crippen LogP contribution in [0.3, 0.4) is 0 Å². The maximum Gasteiger partial charge on any atom is 0.251 e. The van der Waals surface area contributed by atoms with Crippen molar-refractivity contribution >= 4 is 5.91 Å². The normalized spacial score (nSPS) is 20.7. The predicted octanol–water partition coefficient (Wildman–Crippen LogP) is 2.93. The number of fused-ring (bicyclic) bond motifs is 1. The number of nitrogens with one attached hydrogen (secondary N) is 1. The van der Waals surface area contributed by atoms with Gasteiger partial charge in [-0.3, -0.25) is 4.79 Å². The van der Waals surface area contributed by atoms with E-state index in [1.54, 1.807) is 12.1 Å². The van der Waals surface area contributed by atoms with Gasteiger partial charge >= 0.3 is 0 Å². The summed E-state index contributed by atoms with van der Waals surface area (Å²) in [5.74, 6) is 1.90. The van der Waals surface area contributed by atoms with Gasteiger partial charge in [-0.15, -0.1) is 0 Å². The van der Waals surface area contributed by atoms with Crippen LogP contribution in [0.5, 0.6) is 11.5 Å². The van der Waals surface area contributed by atoms with E-state index in [4.69, 9.17) is 9.47 Å². The molecule has 0 aromatic heterocycles. The van der Waals surface area contributed by atoms with Crippen LogP contribution in [0.15, 0.2) is 30.4 Å². The van der Waals surface area contributed by atoms with Crippen molar-refractivity contribution in [1.82, 2.24) is 5.32 Å². The fourth-order valence-electron chi connectivity index (χ4n) is 2.69. The van der Waals surface area contributed by atoms with Crippen LogP contribution < -0.4 is 14.8 Å². The third-order valence-electron chi connectivity index (χ3n) is 3.94. The number of amides is 1. The number of benzene rings is 1. The Balaban J connectivity index is 1.61. The molecule has 4 heteroatoms. The first-order chi connectivity index (χ1) is 10.3. The van der Waals surface area contributed by atoms with Crippen LogP contribution in [0, 0.1) is 5.92 Å². The SMILES string of the molecule is O=C(NC[C@H]1CC=CCC1)c1ccc2c(c1)OCCCO2. The zero-order chi connectivity index (χ0) is 14.5. The van der Waals surface area contributed by atoms with Crippen molar-refractivity contribution in [3.05, 3.63) is 35.9 Å². The molecule has 1 N–H and O–H groups in total. The van der Waals surface area contributed by atoms with Crippen LogP contribution in [0.4, 0.5) is 0 Å². The Morgan fingerprint density at radius 3 is 2.86 bits per heavy atom. The lowest BCUT2D eigenvalue weighted by Crippen LogP contribution is -2.29. The van der Waals surface area contributed by atoms with Gasteiger partial charge in [-0.05, 0) is 43.4 Å². The van der Waals surface area contributed by atoms with Gasteiger partial charge in [0, 0.05) is 18.5 Å². The molecule has 21 heavy (non-hydrogen) atoms. The van der Waals surface area contributed by atoms with Gasteiger partial charge in [0.2, 0.25) is 0 Å². The molecule has 1 atom stereocenters. The quantitative estimate of drug-likeness (QED) is 0.870. The monoisotopic (exact) mass is 287 g/mol. The molecule has 1 aromatic rings. The average Bonchev–Trinajstić information content (AvgIpc) is 2.78. The summed E-state index contributed by atoms with van der Waals surface area (Å²) < 4.78 is 11.2. The van der Waals surface area contributed by atoms with E-state index in [2.05, 4.69) is 17.5 Å². The van der Waals surface area contributed by atoms with Crippen LogP contribution in [0.2, 0.25) is 0 Å². The Kier molecular flexibility index (Phi) is 4.43. The van der Waals surface area contributed by atoms with Crippen molar-refractivity contribution in [2.75, 3.05) is 19.8 Å². The second kappa shape index (κ2) is 6.66. The third kappa shape index (κ3) is 3.57. The number of carbonyl (C=O) groups is 1. The number of hydrogen-bond donors (Lipinski definition) is 1. The number of hydrogen-bond acceptors (Lipinski definition) is 3. The topological polar surface area (TPSA) is 47.6 Å². The fourth-order valence-corrected chi connectivity index (χ4v) is 2.69. The molecule has 112 valence electrons. The Labute approximate surface area is 125 Å². The van der Waals surface area contributed by atoms with Gasteiger partial charge in [0.15, 0.2) is 11.5 Å². The van der Waals surface area contributed by atoms with Crippen LogP contribution in [0.1, 0.15) is 36.0 Å². The van der Waals surface area contributed by atoms with Gasteiger partial charge in [0.1, 0.15) is 0 Å². The zero-order valence-corrected chi connectivity index (χ0v) is 12.1.